The number of phenolic OH excluding ortho intramolecular Hbond substituents is 1. The molecule has 0 unspecified atom stereocenters. The van der Waals surface area contributed by atoms with E-state index in [1.165, 1.54) is 24.9 Å². The molecule has 0 fully saturated rings. The third-order valence-corrected chi connectivity index (χ3v) is 7.56. The number of benzene rings is 3. The molecule has 42 heavy (non-hydrogen) atoms. The van der Waals surface area contributed by atoms with E-state index in [9.17, 15) is 14.7 Å². The van der Waals surface area contributed by atoms with Gasteiger partial charge in [-0.3, -0.25) is 9.36 Å². The van der Waals surface area contributed by atoms with E-state index in [1.54, 1.807) is 50.3 Å². The molecule has 1 aromatic heterocycles. The fraction of sp³-hybridized carbons (Fsp3) is 0.194. The first kappa shape index (κ1) is 28.5. The number of rotatable bonds is 8. The van der Waals surface area contributed by atoms with Crippen LogP contribution in [0.1, 0.15) is 31.0 Å². The Morgan fingerprint density at radius 3 is 2.45 bits per heavy atom. The second-order valence-electron chi connectivity index (χ2n) is 9.20. The first-order valence-corrected chi connectivity index (χ1v) is 13.9. The van der Waals surface area contributed by atoms with Gasteiger partial charge < -0.3 is 19.3 Å². The van der Waals surface area contributed by atoms with Crippen molar-refractivity contribution in [2.24, 2.45) is 15.2 Å². The lowest BCUT2D eigenvalue weighted by Crippen LogP contribution is -2.39. The Morgan fingerprint density at radius 1 is 1.02 bits per heavy atom. The number of hydrogen-bond donors (Lipinski definition) is 1. The molecule has 0 spiro atoms. The molecule has 1 atom stereocenters. The molecular weight excluding hydrogens is 556 g/mol. The van der Waals surface area contributed by atoms with E-state index < -0.39 is 12.0 Å². The molecular formula is C31H28N4O6S. The number of azo groups is 1. The summed E-state index contributed by atoms with van der Waals surface area (Å²) in [5, 5.41) is 19.1. The molecule has 0 bridgehead atoms. The number of thiazole rings is 1. The summed E-state index contributed by atoms with van der Waals surface area (Å²) in [6.45, 7) is 3.60. The van der Waals surface area contributed by atoms with Crippen LogP contribution < -0.4 is 24.4 Å². The average molecular weight is 585 g/mol. The maximum atomic E-state index is 13.9. The number of carbonyl (C=O) groups excluding carboxylic acids is 1. The number of ether oxygens (including phenoxy) is 3. The molecule has 1 aliphatic heterocycles. The van der Waals surface area contributed by atoms with Crippen molar-refractivity contribution < 1.29 is 24.1 Å². The summed E-state index contributed by atoms with van der Waals surface area (Å²) in [7, 11) is 3.05. The molecule has 5 rings (SSSR count). The van der Waals surface area contributed by atoms with E-state index in [0.29, 0.717) is 49.0 Å². The van der Waals surface area contributed by atoms with Gasteiger partial charge in [-0.1, -0.05) is 35.6 Å². The lowest BCUT2D eigenvalue weighted by Gasteiger charge is -2.25. The Morgan fingerprint density at radius 2 is 1.76 bits per heavy atom. The van der Waals surface area contributed by atoms with E-state index >= 15 is 0 Å². The maximum Gasteiger partial charge on any atom is 0.338 e. The van der Waals surface area contributed by atoms with Gasteiger partial charge in [-0.15, -0.1) is 0 Å². The molecule has 1 aliphatic rings. The van der Waals surface area contributed by atoms with Crippen LogP contribution in [0.2, 0.25) is 0 Å². The van der Waals surface area contributed by atoms with Crippen LogP contribution >= 0.6 is 11.3 Å². The summed E-state index contributed by atoms with van der Waals surface area (Å²) in [5.74, 6) is 0.328. The van der Waals surface area contributed by atoms with Crippen LogP contribution in [0.15, 0.2) is 98.0 Å². The van der Waals surface area contributed by atoms with Gasteiger partial charge in [-0.2, -0.15) is 10.2 Å². The summed E-state index contributed by atoms with van der Waals surface area (Å²) in [4.78, 5) is 32.0. The number of methoxy groups -OCH3 is 2. The normalized spacial score (nSPS) is 15.0. The number of hydrogen-bond acceptors (Lipinski definition) is 10. The zero-order valence-corrected chi connectivity index (χ0v) is 24.2. The molecule has 2 heterocycles. The van der Waals surface area contributed by atoms with Crippen LogP contribution in [0.3, 0.4) is 0 Å². The van der Waals surface area contributed by atoms with Crippen molar-refractivity contribution in [1.29, 1.82) is 0 Å². The number of aromatic hydroxyl groups is 1. The molecule has 11 heteroatoms. The number of phenols is 1. The number of esters is 1. The van der Waals surface area contributed by atoms with E-state index in [0.717, 1.165) is 11.3 Å². The summed E-state index contributed by atoms with van der Waals surface area (Å²) >= 11 is 1.16. The van der Waals surface area contributed by atoms with Gasteiger partial charge in [0, 0.05) is 11.6 Å². The monoisotopic (exact) mass is 584 g/mol. The van der Waals surface area contributed by atoms with Gasteiger partial charge in [0.1, 0.15) is 5.75 Å². The molecule has 10 nitrogen and oxygen atoms in total. The van der Waals surface area contributed by atoms with E-state index in [4.69, 9.17) is 14.2 Å². The minimum absolute atomic E-state index is 0.0646. The molecule has 1 N–H and O–H groups in total. The molecule has 4 aromatic rings. The van der Waals surface area contributed by atoms with Crippen LogP contribution in [0.4, 0.5) is 11.4 Å². The summed E-state index contributed by atoms with van der Waals surface area (Å²) in [5.41, 5.74) is 2.49. The SMILES string of the molecule is CCOC(=O)C1=C(C)N=c2s/c(=C\c3ccc(N=Nc4ccccc4)cc3O)c(=O)n2[C@H]1c1ccc(OC)c(OC)c1. The quantitative estimate of drug-likeness (QED) is 0.231. The summed E-state index contributed by atoms with van der Waals surface area (Å²) < 4.78 is 18.0. The van der Waals surface area contributed by atoms with E-state index in [2.05, 4.69) is 15.2 Å². The predicted molar refractivity (Wildman–Crippen MR) is 159 cm³/mol. The smallest absolute Gasteiger partial charge is 0.338 e. The number of nitrogens with zero attached hydrogens (tertiary/aromatic N) is 4. The van der Waals surface area contributed by atoms with Crippen LogP contribution in [-0.2, 0) is 9.53 Å². The minimum Gasteiger partial charge on any atom is -0.507 e. The van der Waals surface area contributed by atoms with Gasteiger partial charge in [-0.05, 0) is 61.9 Å². The Balaban J connectivity index is 1.60. The van der Waals surface area contributed by atoms with Gasteiger partial charge in [0.15, 0.2) is 16.3 Å². The molecule has 0 aliphatic carbocycles. The highest BCUT2D eigenvalue weighted by Gasteiger charge is 2.34. The first-order valence-electron chi connectivity index (χ1n) is 13.1. The lowest BCUT2D eigenvalue weighted by molar-refractivity contribution is -0.139. The van der Waals surface area contributed by atoms with Crippen molar-refractivity contribution in [1.82, 2.24) is 4.57 Å². The second-order valence-corrected chi connectivity index (χ2v) is 10.2. The fourth-order valence-corrected chi connectivity index (χ4v) is 5.63. The van der Waals surface area contributed by atoms with Crippen LogP contribution in [0.25, 0.3) is 6.08 Å². The van der Waals surface area contributed by atoms with Crippen LogP contribution in [0, 0.1) is 0 Å². The topological polar surface area (TPSA) is 124 Å². The Kier molecular flexibility index (Phi) is 8.30. The number of carbonyl (C=O) groups is 1. The van der Waals surface area contributed by atoms with Crippen molar-refractivity contribution in [3.8, 4) is 17.2 Å². The van der Waals surface area contributed by atoms with E-state index in [1.807, 2.05) is 30.3 Å². The molecule has 3 aromatic carbocycles. The number of allylic oxidation sites excluding steroid dienone is 1. The number of aromatic nitrogens is 1. The third-order valence-electron chi connectivity index (χ3n) is 6.58. The van der Waals surface area contributed by atoms with Crippen LogP contribution in [0.5, 0.6) is 17.2 Å². The maximum absolute atomic E-state index is 13.9. The Bertz CT molecular complexity index is 1890. The van der Waals surface area contributed by atoms with Crippen molar-refractivity contribution in [2.75, 3.05) is 20.8 Å². The largest absolute Gasteiger partial charge is 0.507 e. The van der Waals surface area contributed by atoms with Gasteiger partial charge in [-0.25, -0.2) is 9.79 Å². The van der Waals surface area contributed by atoms with Gasteiger partial charge >= 0.3 is 5.97 Å². The van der Waals surface area contributed by atoms with Crippen molar-refractivity contribution in [3.63, 3.8) is 0 Å². The summed E-state index contributed by atoms with van der Waals surface area (Å²) in [6, 6.07) is 18.5. The van der Waals surface area contributed by atoms with Gasteiger partial charge in [0.05, 0.1) is 54.0 Å². The van der Waals surface area contributed by atoms with Crippen molar-refractivity contribution in [3.05, 3.63) is 109 Å². The molecule has 0 radical (unpaired) electrons. The standard InChI is InChI=1S/C31H28N4O6S/c1-5-41-30(38)27-18(2)32-31-35(28(27)20-12-14-24(39-3)25(15-20)40-4)29(37)26(42-31)16-19-11-13-22(17-23(19)36)34-33-21-9-7-6-8-10-21/h6-17,28,36H,5H2,1-4H3/b26-16-,34-33?/t28-/m0/s1. The third kappa shape index (κ3) is 5.59. The molecule has 0 saturated carbocycles. The zero-order valence-electron chi connectivity index (χ0n) is 23.4. The lowest BCUT2D eigenvalue weighted by atomic mass is 9.95. The first-order chi connectivity index (χ1) is 20.3. The molecule has 214 valence electrons. The summed E-state index contributed by atoms with van der Waals surface area (Å²) in [6.07, 6.45) is 1.59. The second kappa shape index (κ2) is 12.2. The Labute approximate surface area is 245 Å². The predicted octanol–water partition coefficient (Wildman–Crippen LogP) is 4.94. The van der Waals surface area contributed by atoms with E-state index in [-0.39, 0.29) is 23.5 Å². The van der Waals surface area contributed by atoms with Crippen LogP contribution in [-0.4, -0.2) is 36.5 Å². The van der Waals surface area contributed by atoms with Gasteiger partial charge in [0.25, 0.3) is 5.56 Å². The Hall–Kier alpha value is -5.03. The highest BCUT2D eigenvalue weighted by molar-refractivity contribution is 7.07. The van der Waals surface area contributed by atoms with Crippen molar-refractivity contribution >= 4 is 34.8 Å². The highest BCUT2D eigenvalue weighted by atomic mass is 32.1. The van der Waals surface area contributed by atoms with Gasteiger partial charge in [0.2, 0.25) is 0 Å². The zero-order chi connectivity index (χ0) is 29.8. The molecule has 0 amide bonds. The fourth-order valence-electron chi connectivity index (χ4n) is 4.60. The highest BCUT2D eigenvalue weighted by Crippen LogP contribution is 2.36. The average Bonchev–Trinajstić information content (AvgIpc) is 3.30. The molecule has 0 saturated heterocycles. The number of fused-ring (bicyclic) bond motifs is 1. The van der Waals surface area contributed by atoms with Crippen molar-refractivity contribution in [2.45, 2.75) is 19.9 Å². The minimum atomic E-state index is -0.823.